The average Bonchev–Trinajstić information content (AvgIpc) is 2.46. The van der Waals surface area contributed by atoms with Crippen molar-refractivity contribution < 1.29 is 22.6 Å². The zero-order valence-corrected chi connectivity index (χ0v) is 12.0. The molecule has 0 amide bonds. The predicted molar refractivity (Wildman–Crippen MR) is 73.4 cm³/mol. The topological polar surface area (TPSA) is 30.5 Å². The number of ether oxygens (including phenoxy) is 2. The third-order valence-corrected chi connectivity index (χ3v) is 3.43. The average molecular weight is 303 g/mol. The van der Waals surface area contributed by atoms with Crippen LogP contribution >= 0.6 is 0 Å². The van der Waals surface area contributed by atoms with E-state index < -0.39 is 17.8 Å². The van der Waals surface area contributed by atoms with E-state index in [1.807, 2.05) is 6.92 Å². The molecule has 0 spiro atoms. The van der Waals surface area contributed by atoms with E-state index in [0.29, 0.717) is 13.2 Å². The van der Waals surface area contributed by atoms with Gasteiger partial charge in [0.2, 0.25) is 0 Å². The van der Waals surface area contributed by atoms with Gasteiger partial charge in [-0.15, -0.1) is 0 Å². The van der Waals surface area contributed by atoms with Gasteiger partial charge in [0, 0.05) is 12.6 Å². The fourth-order valence-electron chi connectivity index (χ4n) is 2.36. The Kier molecular flexibility index (Phi) is 5.47. The smallest absolute Gasteiger partial charge is 0.419 e. The molecule has 1 aromatic rings. The second-order valence-corrected chi connectivity index (χ2v) is 5.07. The second-order valence-electron chi connectivity index (χ2n) is 5.07. The number of halogens is 3. The van der Waals surface area contributed by atoms with Crippen molar-refractivity contribution in [1.29, 1.82) is 0 Å². The Balaban J connectivity index is 2.12. The van der Waals surface area contributed by atoms with Gasteiger partial charge < -0.3 is 14.8 Å². The molecule has 0 saturated carbocycles. The van der Waals surface area contributed by atoms with Crippen LogP contribution in [-0.2, 0) is 10.9 Å². The van der Waals surface area contributed by atoms with Crippen LogP contribution in [0.25, 0.3) is 0 Å². The van der Waals surface area contributed by atoms with E-state index in [2.05, 4.69) is 5.32 Å². The summed E-state index contributed by atoms with van der Waals surface area (Å²) in [6, 6.07) is 5.31. The van der Waals surface area contributed by atoms with E-state index in [-0.39, 0.29) is 11.8 Å². The lowest BCUT2D eigenvalue weighted by atomic mass is 10.1. The minimum Gasteiger partial charge on any atom is -0.486 e. The first-order valence-corrected chi connectivity index (χ1v) is 7.16. The molecule has 1 aliphatic rings. The van der Waals surface area contributed by atoms with Crippen LogP contribution in [0, 0.1) is 0 Å². The van der Waals surface area contributed by atoms with Gasteiger partial charge >= 0.3 is 6.18 Å². The summed E-state index contributed by atoms with van der Waals surface area (Å²) in [6.45, 7) is 3.75. The molecule has 118 valence electrons. The molecule has 0 bridgehead atoms. The molecule has 3 nitrogen and oxygen atoms in total. The van der Waals surface area contributed by atoms with Crippen LogP contribution in [-0.4, -0.2) is 31.9 Å². The van der Waals surface area contributed by atoms with E-state index in [9.17, 15) is 13.2 Å². The zero-order valence-electron chi connectivity index (χ0n) is 12.0. The molecule has 6 heteroatoms. The lowest BCUT2D eigenvalue weighted by Crippen LogP contribution is -2.49. The van der Waals surface area contributed by atoms with Crippen LogP contribution in [0.3, 0.4) is 0 Å². The van der Waals surface area contributed by atoms with Gasteiger partial charge in [-0.3, -0.25) is 0 Å². The molecule has 2 atom stereocenters. The fraction of sp³-hybridized carbons (Fsp3) is 0.600. The SMILES string of the molecule is CCCNC1CCOCC1Oc1ccccc1C(F)(F)F. The quantitative estimate of drug-likeness (QED) is 0.906. The number of benzene rings is 1. The van der Waals surface area contributed by atoms with Crippen molar-refractivity contribution in [3.8, 4) is 5.75 Å². The summed E-state index contributed by atoms with van der Waals surface area (Å²) >= 11 is 0. The molecule has 1 N–H and O–H groups in total. The maximum Gasteiger partial charge on any atom is 0.419 e. The number of nitrogens with one attached hydrogen (secondary N) is 1. The highest BCUT2D eigenvalue weighted by atomic mass is 19.4. The monoisotopic (exact) mass is 303 g/mol. The Hall–Kier alpha value is -1.27. The summed E-state index contributed by atoms with van der Waals surface area (Å²) < 4.78 is 49.9. The zero-order chi connectivity index (χ0) is 15.3. The normalized spacial score (nSPS) is 23.0. The molecule has 1 aliphatic heterocycles. The maximum atomic E-state index is 13.0. The van der Waals surface area contributed by atoms with Gasteiger partial charge in [-0.05, 0) is 31.5 Å². The Morgan fingerprint density at radius 1 is 1.33 bits per heavy atom. The predicted octanol–water partition coefficient (Wildman–Crippen LogP) is 3.24. The Bertz CT molecular complexity index is 451. The maximum absolute atomic E-state index is 13.0. The highest BCUT2D eigenvalue weighted by Crippen LogP contribution is 2.36. The molecule has 1 saturated heterocycles. The van der Waals surface area contributed by atoms with Crippen LogP contribution in [0.4, 0.5) is 13.2 Å². The molecular formula is C15H20F3NO2. The molecule has 1 fully saturated rings. The number of para-hydroxylation sites is 1. The first-order chi connectivity index (χ1) is 10.0. The second kappa shape index (κ2) is 7.13. The van der Waals surface area contributed by atoms with Crippen molar-refractivity contribution in [1.82, 2.24) is 5.32 Å². The Morgan fingerprint density at radius 3 is 2.81 bits per heavy atom. The minimum atomic E-state index is -4.42. The van der Waals surface area contributed by atoms with Crippen LogP contribution in [0.2, 0.25) is 0 Å². The first-order valence-electron chi connectivity index (χ1n) is 7.16. The largest absolute Gasteiger partial charge is 0.486 e. The first kappa shape index (κ1) is 16.1. The van der Waals surface area contributed by atoms with Gasteiger partial charge in [0.15, 0.2) is 0 Å². The van der Waals surface area contributed by atoms with Crippen LogP contribution in [0.1, 0.15) is 25.3 Å². The lowest BCUT2D eigenvalue weighted by Gasteiger charge is -2.33. The van der Waals surface area contributed by atoms with Gasteiger partial charge in [0.1, 0.15) is 11.9 Å². The van der Waals surface area contributed by atoms with E-state index in [4.69, 9.17) is 9.47 Å². The highest BCUT2D eigenvalue weighted by molar-refractivity contribution is 5.35. The molecule has 0 radical (unpaired) electrons. The standard InChI is InChI=1S/C15H20F3NO2/c1-2-8-19-12-7-9-20-10-14(12)21-13-6-4-3-5-11(13)15(16,17)18/h3-6,12,14,19H,2,7-10H2,1H3. The highest BCUT2D eigenvalue weighted by Gasteiger charge is 2.36. The van der Waals surface area contributed by atoms with Crippen molar-refractivity contribution in [3.05, 3.63) is 29.8 Å². The summed E-state index contributed by atoms with van der Waals surface area (Å²) in [5, 5.41) is 3.31. The molecule has 1 aromatic carbocycles. The summed E-state index contributed by atoms with van der Waals surface area (Å²) in [5.41, 5.74) is -0.746. The van der Waals surface area contributed by atoms with E-state index in [0.717, 1.165) is 25.5 Å². The molecule has 21 heavy (non-hydrogen) atoms. The van der Waals surface area contributed by atoms with Crippen LogP contribution < -0.4 is 10.1 Å². The van der Waals surface area contributed by atoms with Crippen LogP contribution in [0.15, 0.2) is 24.3 Å². The van der Waals surface area contributed by atoms with Crippen molar-refractivity contribution >= 4 is 0 Å². The van der Waals surface area contributed by atoms with Crippen LogP contribution in [0.5, 0.6) is 5.75 Å². The number of hydrogen-bond donors (Lipinski definition) is 1. The summed E-state index contributed by atoms with van der Waals surface area (Å²) in [5.74, 6) is -0.135. The lowest BCUT2D eigenvalue weighted by molar-refractivity contribution is -0.140. The van der Waals surface area contributed by atoms with E-state index >= 15 is 0 Å². The fourth-order valence-corrected chi connectivity index (χ4v) is 2.36. The molecule has 2 unspecified atom stereocenters. The minimum absolute atomic E-state index is 0.0139. The summed E-state index contributed by atoms with van der Waals surface area (Å²) in [4.78, 5) is 0. The van der Waals surface area contributed by atoms with Gasteiger partial charge in [-0.1, -0.05) is 19.1 Å². The van der Waals surface area contributed by atoms with Gasteiger partial charge in [-0.2, -0.15) is 13.2 Å². The van der Waals surface area contributed by atoms with E-state index in [1.165, 1.54) is 12.1 Å². The summed E-state index contributed by atoms with van der Waals surface area (Å²) in [7, 11) is 0. The molecular weight excluding hydrogens is 283 g/mol. The molecule has 1 heterocycles. The van der Waals surface area contributed by atoms with E-state index in [1.54, 1.807) is 6.07 Å². The van der Waals surface area contributed by atoms with Crippen molar-refractivity contribution in [2.24, 2.45) is 0 Å². The molecule has 2 rings (SSSR count). The van der Waals surface area contributed by atoms with Crippen molar-refractivity contribution in [2.75, 3.05) is 19.8 Å². The third-order valence-electron chi connectivity index (χ3n) is 3.43. The van der Waals surface area contributed by atoms with Gasteiger partial charge in [0.25, 0.3) is 0 Å². The summed E-state index contributed by atoms with van der Waals surface area (Å²) in [6.07, 6.45) is -3.13. The molecule has 0 aliphatic carbocycles. The molecule has 0 aromatic heterocycles. The number of hydrogen-bond acceptors (Lipinski definition) is 3. The number of rotatable bonds is 5. The van der Waals surface area contributed by atoms with Gasteiger partial charge in [0.05, 0.1) is 12.2 Å². The Morgan fingerprint density at radius 2 is 2.10 bits per heavy atom. The third kappa shape index (κ3) is 4.35. The van der Waals surface area contributed by atoms with Crippen molar-refractivity contribution in [2.45, 2.75) is 38.1 Å². The van der Waals surface area contributed by atoms with Gasteiger partial charge in [-0.25, -0.2) is 0 Å². The van der Waals surface area contributed by atoms with Crippen molar-refractivity contribution in [3.63, 3.8) is 0 Å². The number of alkyl halides is 3. The Labute approximate surface area is 122 Å².